The molecule has 11 heteroatoms. The third-order valence-corrected chi connectivity index (χ3v) is 10.1. The van der Waals surface area contributed by atoms with Gasteiger partial charge in [-0.3, -0.25) is 19.0 Å². The highest BCUT2D eigenvalue weighted by Crippen LogP contribution is 2.38. The third-order valence-electron chi connectivity index (χ3n) is 8.83. The van der Waals surface area contributed by atoms with E-state index in [-0.39, 0.29) is 22.6 Å². The molecule has 1 aliphatic heterocycles. The van der Waals surface area contributed by atoms with Crippen molar-refractivity contribution in [3.05, 3.63) is 122 Å². The van der Waals surface area contributed by atoms with E-state index in [2.05, 4.69) is 0 Å². The van der Waals surface area contributed by atoms with Crippen LogP contribution in [0, 0.1) is 11.6 Å². The Morgan fingerprint density at radius 2 is 1.62 bits per heavy atom. The summed E-state index contributed by atoms with van der Waals surface area (Å²) in [5.74, 6) is -1.34. The van der Waals surface area contributed by atoms with Crippen LogP contribution in [0.2, 0.25) is 0 Å². The van der Waals surface area contributed by atoms with Gasteiger partial charge in [-0.15, -0.1) is 11.3 Å². The van der Waals surface area contributed by atoms with Crippen LogP contribution in [0.4, 0.5) is 8.78 Å². The summed E-state index contributed by atoms with van der Waals surface area (Å²) >= 11 is 1.22. The highest BCUT2D eigenvalue weighted by Gasteiger charge is 2.26. The van der Waals surface area contributed by atoms with Crippen molar-refractivity contribution in [2.75, 3.05) is 26.7 Å². The number of nitrogens with zero attached hydrogens (tertiary/aromatic N) is 4. The highest BCUT2D eigenvalue weighted by molar-refractivity contribution is 7.22. The smallest absolute Gasteiger partial charge is 0.337 e. The van der Waals surface area contributed by atoms with Crippen molar-refractivity contribution in [3.8, 4) is 16.1 Å². The Kier molecular flexibility index (Phi) is 9.79. The number of Topliss-reactive ketones (excluding diaryl/α,β-unsaturated/α-hetero) is 1. The Hall–Kier alpha value is -4.74. The Bertz CT molecular complexity index is 2080. The molecular formula is C37H36F2N4O4S. The molecular weight excluding hydrogens is 634 g/mol. The average molecular weight is 671 g/mol. The molecule has 1 saturated heterocycles. The van der Waals surface area contributed by atoms with Gasteiger partial charge in [0.2, 0.25) is 5.91 Å². The zero-order chi connectivity index (χ0) is 33.9. The Balaban J connectivity index is 1.55. The van der Waals surface area contributed by atoms with Gasteiger partial charge in [0.15, 0.2) is 0 Å². The molecule has 3 aromatic carbocycles. The zero-order valence-corrected chi connectivity index (χ0v) is 27.7. The van der Waals surface area contributed by atoms with Gasteiger partial charge < -0.3 is 9.80 Å². The van der Waals surface area contributed by atoms with Crippen molar-refractivity contribution in [2.45, 2.75) is 45.7 Å². The van der Waals surface area contributed by atoms with Crippen LogP contribution in [-0.2, 0) is 29.1 Å². The molecule has 0 bridgehead atoms. The summed E-state index contributed by atoms with van der Waals surface area (Å²) in [6, 6.07) is 19.6. The standard InChI is InChI=1S/C37H36F2N4O4S/c1-3-27(44)21-24-14-16-25(17-15-24)34-29(22-40(2)19-20-41-18-8-13-32(41)45)33-35(46)43(26-9-5-4-6-10-26)37(47)42(36(33)48-34)23-28-30(38)11-7-12-31(28)39/h4-7,9-12,14-17H,3,8,13,18-23H2,1-2H3. The first kappa shape index (κ1) is 33.2. The summed E-state index contributed by atoms with van der Waals surface area (Å²) in [7, 11) is 1.91. The number of carbonyl (C=O) groups is 2. The molecule has 6 rings (SSSR count). The second kappa shape index (κ2) is 14.2. The number of hydrogen-bond donors (Lipinski definition) is 0. The number of halogens is 2. The average Bonchev–Trinajstić information content (AvgIpc) is 3.67. The largest absolute Gasteiger partial charge is 0.341 e. The van der Waals surface area contributed by atoms with E-state index in [0.29, 0.717) is 61.5 Å². The number of amides is 1. The maximum absolute atomic E-state index is 15.0. The molecule has 3 heterocycles. The summed E-state index contributed by atoms with van der Waals surface area (Å²) in [6.45, 7) is 3.51. The highest BCUT2D eigenvalue weighted by atomic mass is 32.1. The fraction of sp³-hybridized carbons (Fsp3) is 0.297. The lowest BCUT2D eigenvalue weighted by molar-refractivity contribution is -0.127. The quantitative estimate of drug-likeness (QED) is 0.168. The van der Waals surface area contributed by atoms with Gasteiger partial charge in [-0.1, -0.05) is 55.5 Å². The van der Waals surface area contributed by atoms with Crippen molar-refractivity contribution in [1.82, 2.24) is 18.9 Å². The molecule has 2 aromatic heterocycles. The number of hydrogen-bond acceptors (Lipinski definition) is 6. The van der Waals surface area contributed by atoms with Crippen LogP contribution in [0.3, 0.4) is 0 Å². The van der Waals surface area contributed by atoms with Crippen molar-refractivity contribution in [1.29, 1.82) is 0 Å². The number of likely N-dealkylation sites (N-methyl/N-ethyl adjacent to an activating group) is 1. The van der Waals surface area contributed by atoms with Gasteiger partial charge >= 0.3 is 5.69 Å². The number of likely N-dealkylation sites (tertiary alicyclic amines) is 1. The Morgan fingerprint density at radius 1 is 0.917 bits per heavy atom. The molecule has 1 aliphatic rings. The molecule has 0 spiro atoms. The zero-order valence-electron chi connectivity index (χ0n) is 26.9. The number of carbonyl (C=O) groups excluding carboxylic acids is 2. The van der Waals surface area contributed by atoms with Gasteiger partial charge in [-0.25, -0.2) is 18.1 Å². The number of thiophene rings is 1. The fourth-order valence-corrected chi connectivity index (χ4v) is 7.45. The summed E-state index contributed by atoms with van der Waals surface area (Å²) in [5.41, 5.74) is 1.12. The minimum absolute atomic E-state index is 0.120. The lowest BCUT2D eigenvalue weighted by Gasteiger charge is -2.22. The van der Waals surface area contributed by atoms with Crippen LogP contribution in [0.1, 0.15) is 42.9 Å². The maximum atomic E-state index is 15.0. The van der Waals surface area contributed by atoms with Crippen molar-refractivity contribution in [2.24, 2.45) is 0 Å². The second-order valence-corrected chi connectivity index (χ2v) is 13.1. The van der Waals surface area contributed by atoms with Crippen LogP contribution in [0.25, 0.3) is 26.3 Å². The van der Waals surface area contributed by atoms with Crippen LogP contribution in [-0.4, -0.2) is 57.3 Å². The van der Waals surface area contributed by atoms with E-state index < -0.39 is 29.4 Å². The van der Waals surface area contributed by atoms with E-state index in [0.717, 1.165) is 39.1 Å². The molecule has 0 atom stereocenters. The van der Waals surface area contributed by atoms with Gasteiger partial charge in [0.05, 0.1) is 17.6 Å². The van der Waals surface area contributed by atoms with Crippen LogP contribution < -0.4 is 11.2 Å². The second-order valence-electron chi connectivity index (χ2n) is 12.1. The third kappa shape index (κ3) is 6.65. The number of rotatable bonds is 12. The predicted molar refractivity (Wildman–Crippen MR) is 184 cm³/mol. The minimum Gasteiger partial charge on any atom is -0.341 e. The monoisotopic (exact) mass is 670 g/mol. The summed E-state index contributed by atoms with van der Waals surface area (Å²) in [6.07, 6.45) is 2.12. The number of ketones is 1. The number of para-hydroxylation sites is 1. The molecule has 248 valence electrons. The lowest BCUT2D eigenvalue weighted by atomic mass is 10.0. The molecule has 1 fully saturated rings. The fourth-order valence-electron chi connectivity index (χ4n) is 6.15. The van der Waals surface area contributed by atoms with E-state index in [1.54, 1.807) is 30.3 Å². The van der Waals surface area contributed by atoms with E-state index in [1.807, 2.05) is 48.0 Å². The molecule has 8 nitrogen and oxygen atoms in total. The first-order chi connectivity index (χ1) is 23.2. The van der Waals surface area contributed by atoms with Gasteiger partial charge in [-0.2, -0.15) is 0 Å². The summed E-state index contributed by atoms with van der Waals surface area (Å²) in [5, 5.41) is 0.282. The molecule has 0 aliphatic carbocycles. The van der Waals surface area contributed by atoms with E-state index >= 15 is 8.78 Å². The van der Waals surface area contributed by atoms with E-state index in [4.69, 9.17) is 0 Å². The predicted octanol–water partition coefficient (Wildman–Crippen LogP) is 5.78. The van der Waals surface area contributed by atoms with Gasteiger partial charge in [-0.05, 0) is 54.4 Å². The number of fused-ring (bicyclic) bond motifs is 1. The van der Waals surface area contributed by atoms with Crippen molar-refractivity contribution >= 4 is 33.2 Å². The van der Waals surface area contributed by atoms with Crippen LogP contribution in [0.5, 0.6) is 0 Å². The lowest BCUT2D eigenvalue weighted by Crippen LogP contribution is -2.39. The molecule has 48 heavy (non-hydrogen) atoms. The van der Waals surface area contributed by atoms with E-state index in [1.165, 1.54) is 22.0 Å². The van der Waals surface area contributed by atoms with Gasteiger partial charge in [0, 0.05) is 55.9 Å². The molecule has 0 radical (unpaired) electrons. The summed E-state index contributed by atoms with van der Waals surface area (Å²) < 4.78 is 32.4. The first-order valence-electron chi connectivity index (χ1n) is 16.0. The van der Waals surface area contributed by atoms with Crippen LogP contribution >= 0.6 is 11.3 Å². The topological polar surface area (TPSA) is 84.6 Å². The Morgan fingerprint density at radius 3 is 2.27 bits per heavy atom. The molecule has 0 saturated carbocycles. The van der Waals surface area contributed by atoms with Crippen molar-refractivity contribution < 1.29 is 18.4 Å². The SMILES string of the molecule is CCC(=O)Cc1ccc(-c2sc3c(c2CN(C)CCN2CCCC2=O)c(=O)n(-c2ccccc2)c(=O)n3Cc2c(F)cccc2F)cc1. The molecule has 5 aromatic rings. The van der Waals surface area contributed by atoms with Crippen LogP contribution in [0.15, 0.2) is 82.4 Å². The van der Waals surface area contributed by atoms with Crippen molar-refractivity contribution in [3.63, 3.8) is 0 Å². The van der Waals surface area contributed by atoms with Gasteiger partial charge in [0.25, 0.3) is 5.56 Å². The first-order valence-corrected chi connectivity index (χ1v) is 16.8. The van der Waals surface area contributed by atoms with Gasteiger partial charge in [0.1, 0.15) is 22.2 Å². The molecule has 0 N–H and O–H groups in total. The number of benzene rings is 3. The molecule has 0 unspecified atom stereocenters. The summed E-state index contributed by atoms with van der Waals surface area (Å²) in [4.78, 5) is 57.9. The number of aromatic nitrogens is 2. The van der Waals surface area contributed by atoms with E-state index in [9.17, 15) is 19.2 Å². The molecule has 1 amide bonds. The Labute approximate surface area is 280 Å². The maximum Gasteiger partial charge on any atom is 0.337 e. The minimum atomic E-state index is -0.794. The normalized spacial score (nSPS) is 13.3.